The molecule has 0 saturated carbocycles. The molecule has 2 amide bonds. The van der Waals surface area contributed by atoms with Crippen LogP contribution in [0.15, 0.2) is 12.2 Å². The van der Waals surface area contributed by atoms with Gasteiger partial charge in [-0.15, -0.1) is 0 Å². The maximum absolute atomic E-state index is 13.4. The fourth-order valence-electron chi connectivity index (χ4n) is 11.7. The summed E-state index contributed by atoms with van der Waals surface area (Å²) in [5, 5.41) is 147. The van der Waals surface area contributed by atoms with Crippen LogP contribution in [0.3, 0.4) is 0 Å². The van der Waals surface area contributed by atoms with Gasteiger partial charge in [-0.05, 0) is 19.3 Å². The number of aliphatic hydroxyl groups is 13. The number of unbranched alkanes of at least 4 members (excludes halogenated alkanes) is 25. The Morgan fingerprint density at radius 1 is 0.448 bits per heavy atom. The molecule has 510 valence electrons. The van der Waals surface area contributed by atoms with Crippen LogP contribution in [0.2, 0.25) is 0 Å². The number of nitrogens with one attached hydrogen (secondary N) is 2. The predicted octanol–water partition coefficient (Wildman–Crippen LogP) is 1.78. The molecule has 0 radical (unpaired) electrons. The molecule has 0 spiro atoms. The molecule has 20 unspecified atom stereocenters. The van der Waals surface area contributed by atoms with Gasteiger partial charge in [0.15, 0.2) is 25.2 Å². The Bertz CT molecular complexity index is 1830. The van der Waals surface area contributed by atoms with Gasteiger partial charge in [0.05, 0.1) is 45.2 Å². The van der Waals surface area contributed by atoms with Crippen molar-refractivity contribution in [3.63, 3.8) is 0 Å². The van der Waals surface area contributed by atoms with Crippen LogP contribution in [0.4, 0.5) is 0 Å². The first-order valence-electron chi connectivity index (χ1n) is 32.9. The number of allylic oxidation sites excluding steroid dienone is 1. The van der Waals surface area contributed by atoms with Gasteiger partial charge in [0, 0.05) is 13.3 Å². The molecule has 0 aromatic rings. The fourth-order valence-corrected chi connectivity index (χ4v) is 11.7. The minimum Gasteiger partial charge on any atom is -0.394 e. The number of carbonyl (C=O) groups excluding carboxylic acids is 2. The molecule has 0 bridgehead atoms. The maximum Gasteiger partial charge on any atom is 0.220 e. The van der Waals surface area contributed by atoms with Gasteiger partial charge in [-0.25, -0.2) is 0 Å². The van der Waals surface area contributed by atoms with Crippen LogP contribution in [-0.2, 0) is 47.5 Å². The van der Waals surface area contributed by atoms with E-state index in [9.17, 15) is 76.0 Å². The number of hydrogen-bond acceptors (Lipinski definition) is 23. The molecule has 25 nitrogen and oxygen atoms in total. The summed E-state index contributed by atoms with van der Waals surface area (Å²) in [4.78, 5) is 26.0. The van der Waals surface area contributed by atoms with Crippen LogP contribution in [0.5, 0.6) is 0 Å². The van der Waals surface area contributed by atoms with E-state index in [0.29, 0.717) is 12.8 Å². The van der Waals surface area contributed by atoms with Crippen LogP contribution in [0.25, 0.3) is 0 Å². The average molecular weight is 1260 g/mol. The van der Waals surface area contributed by atoms with Gasteiger partial charge in [0.25, 0.3) is 0 Å². The zero-order valence-electron chi connectivity index (χ0n) is 52.1. The molecule has 22 atom stereocenters. The molecular formula is C62H114N2O23. The van der Waals surface area contributed by atoms with Gasteiger partial charge < -0.3 is 115 Å². The van der Waals surface area contributed by atoms with Crippen LogP contribution in [0, 0.1) is 0 Å². The molecule has 4 saturated heterocycles. The summed E-state index contributed by atoms with van der Waals surface area (Å²) in [7, 11) is 0. The summed E-state index contributed by atoms with van der Waals surface area (Å²) in [6, 6.07) is -2.62. The van der Waals surface area contributed by atoms with Crippen LogP contribution in [0.1, 0.15) is 201 Å². The van der Waals surface area contributed by atoms with E-state index in [1.165, 1.54) is 116 Å². The molecule has 0 aromatic heterocycles. The van der Waals surface area contributed by atoms with Gasteiger partial charge in [-0.2, -0.15) is 0 Å². The summed E-state index contributed by atoms with van der Waals surface area (Å²) >= 11 is 0. The van der Waals surface area contributed by atoms with Crippen molar-refractivity contribution < 1.29 is 114 Å². The van der Waals surface area contributed by atoms with Crippen molar-refractivity contribution in [2.24, 2.45) is 0 Å². The Labute approximate surface area is 515 Å². The highest BCUT2D eigenvalue weighted by Crippen LogP contribution is 2.35. The number of aliphatic hydroxyl groups excluding tert-OH is 13. The first-order valence-corrected chi connectivity index (χ1v) is 32.9. The molecule has 0 aromatic carbocycles. The molecular weight excluding hydrogens is 1140 g/mol. The van der Waals surface area contributed by atoms with E-state index in [1.54, 1.807) is 6.08 Å². The zero-order valence-corrected chi connectivity index (χ0v) is 52.1. The largest absolute Gasteiger partial charge is 0.394 e. The van der Waals surface area contributed by atoms with Crippen molar-refractivity contribution in [3.05, 3.63) is 12.2 Å². The first-order chi connectivity index (χ1) is 42.0. The number of rotatable bonds is 45. The van der Waals surface area contributed by atoms with Gasteiger partial charge in [-0.3, -0.25) is 9.59 Å². The SMILES string of the molecule is CCCCCCCCCCCCC/C=C/[C@H](O)[C@@H](COC1OC(CO)C(OC2OC(CO)C(OC3OC(CO)C(O)C(OC4OC(CO)C(O)C(O)C4O)C3NC(C)=O)C(O)C2O)C(O)C1O)NC(=O)CCCCCCCCCCCCCCCCC. The van der Waals surface area contributed by atoms with Crippen LogP contribution in [-0.4, -0.2) is 246 Å². The highest BCUT2D eigenvalue weighted by Gasteiger charge is 2.56. The highest BCUT2D eigenvalue weighted by molar-refractivity contribution is 5.76. The summed E-state index contributed by atoms with van der Waals surface area (Å²) < 4.78 is 46.7. The summed E-state index contributed by atoms with van der Waals surface area (Å²) in [5.41, 5.74) is 0. The van der Waals surface area contributed by atoms with Gasteiger partial charge >= 0.3 is 0 Å². The normalized spacial score (nSPS) is 33.8. The summed E-state index contributed by atoms with van der Waals surface area (Å²) in [6.45, 7) is 1.59. The topological polar surface area (TPSA) is 395 Å². The van der Waals surface area contributed by atoms with Crippen molar-refractivity contribution in [1.82, 2.24) is 10.6 Å². The Hall–Kier alpha value is -2.16. The Morgan fingerprint density at radius 2 is 0.828 bits per heavy atom. The van der Waals surface area contributed by atoms with Gasteiger partial charge in [0.1, 0.15) is 97.6 Å². The zero-order chi connectivity index (χ0) is 63.7. The smallest absolute Gasteiger partial charge is 0.220 e. The standard InChI is InChI=1S/C62H114N2O23/c1-4-6-8-10-12-14-16-18-19-21-23-25-27-29-31-33-46(71)64-40(41(70)32-30-28-26-24-22-20-17-15-13-11-9-7-5-2)38-80-60-54(78)51(75)57(44(36-67)83-60)86-62-55(79)52(76)56(45(37-68)84-62)85-59-47(63-39(3)69)58(49(73)43(35-66)81-59)87-61-53(77)50(74)48(72)42(34-65)82-61/h30,32,40-45,47-62,65-68,70,72-79H,4-29,31,33-38H2,1-3H3,(H,63,69)(H,64,71)/b32-30+/t40-,41+,42?,43?,44?,45?,47?,48?,49?,50?,51?,52?,53?,54?,55?,56?,57?,58?,59?,60?,61?,62?/m1/s1. The first kappa shape index (κ1) is 77.3. The van der Waals surface area contributed by atoms with E-state index >= 15 is 0 Å². The van der Waals surface area contributed by atoms with E-state index < -0.39 is 174 Å². The van der Waals surface area contributed by atoms with E-state index in [4.69, 9.17) is 37.9 Å². The lowest BCUT2D eigenvalue weighted by molar-refractivity contribution is -0.380. The summed E-state index contributed by atoms with van der Waals surface area (Å²) in [5.74, 6) is -1.06. The van der Waals surface area contributed by atoms with E-state index in [0.717, 1.165) is 51.9 Å². The average Bonchev–Trinajstić information content (AvgIpc) is 3.37. The van der Waals surface area contributed by atoms with Crippen molar-refractivity contribution in [2.75, 3.05) is 33.0 Å². The second kappa shape index (κ2) is 43.6. The highest BCUT2D eigenvalue weighted by atomic mass is 16.8. The molecule has 4 fully saturated rings. The van der Waals surface area contributed by atoms with Crippen molar-refractivity contribution >= 4 is 11.8 Å². The molecule has 25 heteroatoms. The van der Waals surface area contributed by atoms with E-state index in [2.05, 4.69) is 24.5 Å². The lowest BCUT2D eigenvalue weighted by Crippen LogP contribution is -2.70. The second-order valence-electron chi connectivity index (χ2n) is 24.3. The van der Waals surface area contributed by atoms with Crippen molar-refractivity contribution in [2.45, 2.75) is 335 Å². The molecule has 15 N–H and O–H groups in total. The molecule has 87 heavy (non-hydrogen) atoms. The Balaban J connectivity index is 1.36. The van der Waals surface area contributed by atoms with Crippen molar-refractivity contribution in [1.29, 1.82) is 0 Å². The van der Waals surface area contributed by atoms with Crippen molar-refractivity contribution in [3.8, 4) is 0 Å². The third-order valence-electron chi connectivity index (χ3n) is 17.1. The van der Waals surface area contributed by atoms with Crippen LogP contribution < -0.4 is 10.6 Å². The molecule has 4 heterocycles. The minimum absolute atomic E-state index is 0.217. The predicted molar refractivity (Wildman–Crippen MR) is 317 cm³/mol. The fraction of sp³-hybridized carbons (Fsp3) is 0.935. The summed E-state index contributed by atoms with van der Waals surface area (Å²) in [6.07, 6.45) is 0.0598. The van der Waals surface area contributed by atoms with E-state index in [-0.39, 0.29) is 12.3 Å². The monoisotopic (exact) mass is 1250 g/mol. The quantitative estimate of drug-likeness (QED) is 0.0305. The molecule has 0 aliphatic carbocycles. The molecule has 4 aliphatic rings. The van der Waals surface area contributed by atoms with Gasteiger partial charge in [0.2, 0.25) is 11.8 Å². The number of carbonyl (C=O) groups is 2. The molecule has 4 aliphatic heterocycles. The van der Waals surface area contributed by atoms with Gasteiger partial charge in [-0.1, -0.05) is 180 Å². The third kappa shape index (κ3) is 26.0. The maximum atomic E-state index is 13.4. The molecule has 4 rings (SSSR count). The number of ether oxygens (including phenoxy) is 8. The third-order valence-corrected chi connectivity index (χ3v) is 17.1. The minimum atomic E-state index is -2.10. The van der Waals surface area contributed by atoms with E-state index in [1.807, 2.05) is 6.08 Å². The lowest BCUT2D eigenvalue weighted by atomic mass is 9.94. The van der Waals surface area contributed by atoms with Crippen LogP contribution >= 0.6 is 0 Å². The Kier molecular flexibility index (Phi) is 38.8. The Morgan fingerprint density at radius 3 is 1.30 bits per heavy atom. The second-order valence-corrected chi connectivity index (χ2v) is 24.3. The number of hydrogen-bond donors (Lipinski definition) is 15. The number of amides is 2. The lowest BCUT2D eigenvalue weighted by Gasteiger charge is -2.50.